The lowest BCUT2D eigenvalue weighted by Gasteiger charge is -1.98. The smallest absolute Gasteiger partial charge is 0.335 e. The van der Waals surface area contributed by atoms with Crippen molar-refractivity contribution in [2.75, 3.05) is 0 Å². The molecule has 3 aromatic rings. The minimum Gasteiger partial charge on any atom is -0.508 e. The van der Waals surface area contributed by atoms with Crippen LogP contribution in [0.5, 0.6) is 5.75 Å². The highest BCUT2D eigenvalue weighted by molar-refractivity contribution is 7.22. The number of carboxylic acids is 1. The van der Waals surface area contributed by atoms with Crippen LogP contribution in [0, 0.1) is 0 Å². The molecule has 0 radical (unpaired) electrons. The Morgan fingerprint density at radius 2 is 1.74 bits per heavy atom. The molecule has 0 amide bonds. The summed E-state index contributed by atoms with van der Waals surface area (Å²) in [6.07, 6.45) is 0. The Kier molecular flexibility index (Phi) is 2.72. The summed E-state index contributed by atoms with van der Waals surface area (Å²) in [6, 6.07) is 14.1. The zero-order chi connectivity index (χ0) is 13.4. The van der Waals surface area contributed by atoms with Gasteiger partial charge in [0.15, 0.2) is 0 Å². The van der Waals surface area contributed by atoms with E-state index in [9.17, 15) is 9.90 Å². The maximum atomic E-state index is 10.8. The van der Waals surface area contributed by atoms with Crippen LogP contribution >= 0.6 is 11.3 Å². The van der Waals surface area contributed by atoms with E-state index < -0.39 is 5.97 Å². The lowest BCUT2D eigenvalue weighted by atomic mass is 10.1. The summed E-state index contributed by atoms with van der Waals surface area (Å²) < 4.78 is 1.01. The number of fused-ring (bicyclic) bond motifs is 1. The van der Waals surface area contributed by atoms with Crippen LogP contribution in [0.2, 0.25) is 0 Å². The van der Waals surface area contributed by atoms with Gasteiger partial charge in [0.25, 0.3) is 0 Å². The van der Waals surface area contributed by atoms with Crippen molar-refractivity contribution < 1.29 is 15.0 Å². The molecule has 0 unspecified atom stereocenters. The summed E-state index contributed by atoms with van der Waals surface area (Å²) in [5, 5.41) is 19.4. The molecule has 3 rings (SSSR count). The van der Waals surface area contributed by atoms with Crippen LogP contribution in [0.15, 0.2) is 48.5 Å². The molecule has 1 heterocycles. The van der Waals surface area contributed by atoms with Crippen molar-refractivity contribution in [1.29, 1.82) is 0 Å². The molecule has 0 bridgehead atoms. The average molecular weight is 270 g/mol. The van der Waals surface area contributed by atoms with Crippen LogP contribution in [0.3, 0.4) is 0 Å². The molecule has 0 atom stereocenters. The van der Waals surface area contributed by atoms with Crippen molar-refractivity contribution in [3.63, 3.8) is 0 Å². The fourth-order valence-electron chi connectivity index (χ4n) is 1.94. The number of aromatic hydroxyl groups is 1. The molecule has 1 aromatic heterocycles. The molecule has 0 aliphatic rings. The minimum atomic E-state index is -0.923. The van der Waals surface area contributed by atoms with E-state index in [1.807, 2.05) is 12.1 Å². The van der Waals surface area contributed by atoms with E-state index in [1.165, 1.54) is 0 Å². The lowest BCUT2D eigenvalue weighted by molar-refractivity contribution is 0.0697. The van der Waals surface area contributed by atoms with E-state index >= 15 is 0 Å². The van der Waals surface area contributed by atoms with Gasteiger partial charge in [-0.15, -0.1) is 11.3 Å². The van der Waals surface area contributed by atoms with Crippen molar-refractivity contribution in [2.24, 2.45) is 0 Å². The van der Waals surface area contributed by atoms with Crippen LogP contribution in [0.1, 0.15) is 10.4 Å². The number of carbonyl (C=O) groups is 1. The summed E-state index contributed by atoms with van der Waals surface area (Å²) >= 11 is 1.57. The number of thiophene rings is 1. The molecule has 0 spiro atoms. The van der Waals surface area contributed by atoms with Gasteiger partial charge < -0.3 is 10.2 Å². The highest BCUT2D eigenvalue weighted by Crippen LogP contribution is 2.35. The van der Waals surface area contributed by atoms with Gasteiger partial charge in [-0.3, -0.25) is 0 Å². The second kappa shape index (κ2) is 4.40. The number of phenolic OH excluding ortho intramolecular Hbond substituents is 1. The third-order valence-corrected chi connectivity index (χ3v) is 4.07. The second-order valence-corrected chi connectivity index (χ2v) is 5.30. The van der Waals surface area contributed by atoms with Crippen LogP contribution < -0.4 is 0 Å². The second-order valence-electron chi connectivity index (χ2n) is 4.22. The van der Waals surface area contributed by atoms with E-state index in [4.69, 9.17) is 5.11 Å². The fourth-order valence-corrected chi connectivity index (χ4v) is 3.04. The summed E-state index contributed by atoms with van der Waals surface area (Å²) in [7, 11) is 0. The van der Waals surface area contributed by atoms with E-state index in [0.717, 1.165) is 20.5 Å². The molecule has 0 fully saturated rings. The molecule has 94 valence electrons. The Morgan fingerprint density at radius 3 is 2.42 bits per heavy atom. The molecule has 0 aliphatic heterocycles. The molecule has 0 saturated carbocycles. The Hall–Kier alpha value is -2.33. The third kappa shape index (κ3) is 2.18. The average Bonchev–Trinajstić information content (AvgIpc) is 2.81. The van der Waals surface area contributed by atoms with Crippen LogP contribution in [-0.4, -0.2) is 16.2 Å². The van der Waals surface area contributed by atoms with Crippen LogP contribution in [0.25, 0.3) is 20.5 Å². The molecule has 19 heavy (non-hydrogen) atoms. The van der Waals surface area contributed by atoms with Crippen molar-refractivity contribution >= 4 is 27.4 Å². The fraction of sp³-hybridized carbons (Fsp3) is 0. The minimum absolute atomic E-state index is 0.252. The van der Waals surface area contributed by atoms with Gasteiger partial charge >= 0.3 is 5.97 Å². The molecule has 2 aromatic carbocycles. The third-order valence-electron chi connectivity index (χ3n) is 2.92. The topological polar surface area (TPSA) is 57.5 Å². The van der Waals surface area contributed by atoms with Crippen LogP contribution in [0.4, 0.5) is 0 Å². The van der Waals surface area contributed by atoms with Gasteiger partial charge in [0, 0.05) is 9.58 Å². The Morgan fingerprint density at radius 1 is 1.00 bits per heavy atom. The normalized spacial score (nSPS) is 10.7. The maximum Gasteiger partial charge on any atom is 0.335 e. The predicted octanol–water partition coefficient (Wildman–Crippen LogP) is 3.97. The highest BCUT2D eigenvalue weighted by Gasteiger charge is 2.07. The zero-order valence-electron chi connectivity index (χ0n) is 9.83. The van der Waals surface area contributed by atoms with Gasteiger partial charge in [-0.2, -0.15) is 0 Å². The SMILES string of the molecule is O=C(O)c1ccc(-c2cc3ccc(O)cc3s2)cc1. The summed E-state index contributed by atoms with van der Waals surface area (Å²) in [4.78, 5) is 11.9. The Balaban J connectivity index is 2.06. The maximum absolute atomic E-state index is 10.8. The first-order valence-corrected chi connectivity index (χ1v) is 6.51. The zero-order valence-corrected chi connectivity index (χ0v) is 10.6. The number of hydrogen-bond acceptors (Lipinski definition) is 3. The van der Waals surface area contributed by atoms with Crippen molar-refractivity contribution in [2.45, 2.75) is 0 Å². The van der Waals surface area contributed by atoms with E-state index in [-0.39, 0.29) is 11.3 Å². The quantitative estimate of drug-likeness (QED) is 0.740. The van der Waals surface area contributed by atoms with E-state index in [2.05, 4.69) is 0 Å². The van der Waals surface area contributed by atoms with Crippen molar-refractivity contribution in [3.05, 3.63) is 54.1 Å². The number of aromatic carboxylic acids is 1. The monoisotopic (exact) mass is 270 g/mol. The molecule has 4 heteroatoms. The number of phenols is 1. The molecule has 0 aliphatic carbocycles. The molecular weight excluding hydrogens is 260 g/mol. The summed E-state index contributed by atoms with van der Waals surface area (Å²) in [6.45, 7) is 0. The van der Waals surface area contributed by atoms with Crippen molar-refractivity contribution in [1.82, 2.24) is 0 Å². The molecule has 0 saturated heterocycles. The lowest BCUT2D eigenvalue weighted by Crippen LogP contribution is -1.94. The summed E-state index contributed by atoms with van der Waals surface area (Å²) in [5.74, 6) is -0.671. The van der Waals surface area contributed by atoms with Gasteiger partial charge in [-0.05, 0) is 47.3 Å². The number of carboxylic acid groups (broad SMARTS) is 1. The number of hydrogen-bond donors (Lipinski definition) is 2. The molecular formula is C15H10O3S. The van der Waals surface area contributed by atoms with Gasteiger partial charge in [-0.1, -0.05) is 12.1 Å². The van der Waals surface area contributed by atoms with E-state index in [0.29, 0.717) is 0 Å². The van der Waals surface area contributed by atoms with Crippen molar-refractivity contribution in [3.8, 4) is 16.2 Å². The van der Waals surface area contributed by atoms with Gasteiger partial charge in [-0.25, -0.2) is 4.79 Å². The van der Waals surface area contributed by atoms with Crippen LogP contribution in [-0.2, 0) is 0 Å². The Bertz CT molecular complexity index is 757. The largest absolute Gasteiger partial charge is 0.508 e. The molecule has 3 nitrogen and oxygen atoms in total. The first kappa shape index (κ1) is 11.7. The molecule has 2 N–H and O–H groups in total. The van der Waals surface area contributed by atoms with Gasteiger partial charge in [0.1, 0.15) is 5.75 Å². The summed E-state index contributed by atoms with van der Waals surface area (Å²) in [5.41, 5.74) is 1.26. The first-order valence-electron chi connectivity index (χ1n) is 5.70. The highest BCUT2D eigenvalue weighted by atomic mass is 32.1. The van der Waals surface area contributed by atoms with E-state index in [1.54, 1.807) is 47.7 Å². The number of rotatable bonds is 2. The standard InChI is InChI=1S/C15H10O3S/c16-12-6-5-11-7-13(19-14(11)8-12)9-1-3-10(4-2-9)15(17)18/h1-8,16H,(H,17,18). The van der Waals surface area contributed by atoms with Gasteiger partial charge in [0.2, 0.25) is 0 Å². The first-order chi connectivity index (χ1) is 9.13. The van der Waals surface area contributed by atoms with Gasteiger partial charge in [0.05, 0.1) is 5.56 Å². The Labute approximate surface area is 113 Å². The number of benzene rings is 2. The predicted molar refractivity (Wildman–Crippen MR) is 75.9 cm³/mol.